The van der Waals surface area contributed by atoms with E-state index in [-0.39, 0.29) is 13.0 Å². The summed E-state index contributed by atoms with van der Waals surface area (Å²) in [5.74, 6) is -0.218. The molecule has 1 N–H and O–H groups in total. The van der Waals surface area contributed by atoms with Gasteiger partial charge < -0.3 is 9.84 Å². The molecule has 0 aliphatic rings. The molecule has 0 aliphatic heterocycles. The van der Waals surface area contributed by atoms with Crippen molar-refractivity contribution in [1.29, 1.82) is 0 Å². The molecule has 3 nitrogen and oxygen atoms in total. The van der Waals surface area contributed by atoms with Crippen molar-refractivity contribution in [2.75, 3.05) is 6.61 Å². The number of ether oxygens (including phenoxy) is 1. The van der Waals surface area contributed by atoms with Crippen molar-refractivity contribution < 1.29 is 14.6 Å². The Labute approximate surface area is 116 Å². The number of carbonyl (C=O) groups is 1. The molecule has 0 saturated carbocycles. The predicted molar refractivity (Wildman–Crippen MR) is 74.6 cm³/mol. The zero-order chi connectivity index (χ0) is 13.7. The summed E-state index contributed by atoms with van der Waals surface area (Å²) in [4.78, 5) is 10.4. The fraction of sp³-hybridized carbons (Fsp3) is 0.133. The molecule has 0 fully saturated rings. The van der Waals surface area contributed by atoms with E-state index in [2.05, 4.69) is 0 Å². The van der Waals surface area contributed by atoms with Crippen molar-refractivity contribution in [1.82, 2.24) is 0 Å². The Morgan fingerprint density at radius 3 is 2.42 bits per heavy atom. The molecule has 0 heterocycles. The van der Waals surface area contributed by atoms with Gasteiger partial charge in [-0.2, -0.15) is 0 Å². The Balaban J connectivity index is 2.06. The maximum absolute atomic E-state index is 10.4. The van der Waals surface area contributed by atoms with Crippen molar-refractivity contribution in [2.45, 2.75) is 6.42 Å². The summed E-state index contributed by atoms with van der Waals surface area (Å²) in [6.45, 7) is 0.167. The first kappa shape index (κ1) is 13.4. The van der Waals surface area contributed by atoms with Crippen LogP contribution in [0.15, 0.2) is 48.5 Å². The Bertz CT molecular complexity index is 564. The minimum atomic E-state index is -0.868. The van der Waals surface area contributed by atoms with Crippen molar-refractivity contribution in [3.8, 4) is 16.9 Å². The van der Waals surface area contributed by atoms with E-state index in [1.165, 1.54) is 0 Å². The van der Waals surface area contributed by atoms with E-state index < -0.39 is 5.97 Å². The van der Waals surface area contributed by atoms with E-state index in [0.717, 1.165) is 11.1 Å². The molecule has 0 saturated heterocycles. The summed E-state index contributed by atoms with van der Waals surface area (Å²) in [6, 6.07) is 15.0. The van der Waals surface area contributed by atoms with Crippen LogP contribution in [0.4, 0.5) is 0 Å². The minimum absolute atomic E-state index is 0.00767. The highest BCUT2D eigenvalue weighted by Crippen LogP contribution is 2.28. The second-order valence-electron chi connectivity index (χ2n) is 4.00. The molecule has 2 aromatic rings. The van der Waals surface area contributed by atoms with Gasteiger partial charge in [0.05, 0.1) is 13.0 Å². The largest absolute Gasteiger partial charge is 0.493 e. The van der Waals surface area contributed by atoms with Crippen LogP contribution in [-0.4, -0.2) is 17.7 Å². The van der Waals surface area contributed by atoms with Gasteiger partial charge in [-0.25, -0.2) is 0 Å². The average Bonchev–Trinajstić information content (AvgIpc) is 2.40. The molecule has 0 unspecified atom stereocenters. The molecule has 0 radical (unpaired) electrons. The summed E-state index contributed by atoms with van der Waals surface area (Å²) >= 11 is 6.12. The van der Waals surface area contributed by atoms with Gasteiger partial charge in [0, 0.05) is 10.6 Å². The molecular formula is C15H13ClO3. The van der Waals surface area contributed by atoms with Gasteiger partial charge in [0.15, 0.2) is 0 Å². The number of hydrogen-bond donors (Lipinski definition) is 1. The van der Waals surface area contributed by atoms with Gasteiger partial charge >= 0.3 is 5.97 Å². The Morgan fingerprint density at radius 1 is 1.11 bits per heavy atom. The maximum Gasteiger partial charge on any atom is 0.306 e. The fourth-order valence-corrected chi connectivity index (χ4v) is 1.93. The molecule has 0 spiro atoms. The van der Waals surface area contributed by atoms with Gasteiger partial charge in [-0.05, 0) is 23.8 Å². The first-order chi connectivity index (χ1) is 9.16. The first-order valence-electron chi connectivity index (χ1n) is 5.86. The Kier molecular flexibility index (Phi) is 4.42. The van der Waals surface area contributed by atoms with Crippen LogP contribution in [-0.2, 0) is 4.79 Å². The van der Waals surface area contributed by atoms with Crippen LogP contribution >= 0.6 is 11.6 Å². The molecule has 0 aliphatic carbocycles. The third-order valence-corrected chi connectivity index (χ3v) is 2.95. The normalized spacial score (nSPS) is 10.2. The van der Waals surface area contributed by atoms with Crippen LogP contribution in [0.2, 0.25) is 5.02 Å². The lowest BCUT2D eigenvalue weighted by molar-refractivity contribution is -0.137. The minimum Gasteiger partial charge on any atom is -0.493 e. The van der Waals surface area contributed by atoms with E-state index >= 15 is 0 Å². The van der Waals surface area contributed by atoms with Crippen LogP contribution in [0.1, 0.15) is 6.42 Å². The first-order valence-corrected chi connectivity index (χ1v) is 6.24. The highest BCUT2D eigenvalue weighted by molar-refractivity contribution is 6.33. The second-order valence-corrected chi connectivity index (χ2v) is 4.40. The monoisotopic (exact) mass is 276 g/mol. The summed E-state index contributed by atoms with van der Waals surface area (Å²) < 4.78 is 5.32. The number of aliphatic carboxylic acids is 1. The van der Waals surface area contributed by atoms with Gasteiger partial charge in [0.1, 0.15) is 5.75 Å². The lowest BCUT2D eigenvalue weighted by Crippen LogP contribution is -2.04. The molecule has 0 bridgehead atoms. The average molecular weight is 277 g/mol. The van der Waals surface area contributed by atoms with Gasteiger partial charge in [0.25, 0.3) is 0 Å². The van der Waals surface area contributed by atoms with Crippen LogP contribution in [0.5, 0.6) is 5.75 Å². The van der Waals surface area contributed by atoms with E-state index in [9.17, 15) is 4.79 Å². The van der Waals surface area contributed by atoms with Crippen molar-refractivity contribution in [3.05, 3.63) is 53.6 Å². The lowest BCUT2D eigenvalue weighted by Gasteiger charge is -2.07. The number of rotatable bonds is 5. The molecule has 98 valence electrons. The summed E-state index contributed by atoms with van der Waals surface area (Å²) in [7, 11) is 0. The number of carboxylic acid groups (broad SMARTS) is 1. The number of carboxylic acids is 1. The Morgan fingerprint density at radius 2 is 1.79 bits per heavy atom. The highest BCUT2D eigenvalue weighted by Gasteiger charge is 2.03. The lowest BCUT2D eigenvalue weighted by atomic mass is 10.1. The molecule has 4 heteroatoms. The van der Waals surface area contributed by atoms with Crippen LogP contribution in [0, 0.1) is 0 Å². The predicted octanol–water partition coefficient (Wildman–Crippen LogP) is 3.86. The molecule has 2 rings (SSSR count). The van der Waals surface area contributed by atoms with Gasteiger partial charge in [-0.1, -0.05) is 41.9 Å². The second kappa shape index (κ2) is 6.25. The van der Waals surface area contributed by atoms with E-state index in [1.54, 1.807) is 12.1 Å². The summed E-state index contributed by atoms with van der Waals surface area (Å²) in [5.41, 5.74) is 1.96. The standard InChI is InChI=1S/C15H13ClO3/c16-14-4-2-1-3-13(14)11-5-7-12(8-6-11)19-10-9-15(17)18/h1-8H,9-10H2,(H,17,18). The molecule has 2 aromatic carbocycles. The summed E-state index contributed by atoms with van der Waals surface area (Å²) in [6.07, 6.45) is -0.00767. The van der Waals surface area contributed by atoms with Crippen LogP contribution < -0.4 is 4.74 Å². The number of benzene rings is 2. The third kappa shape index (κ3) is 3.73. The van der Waals surface area contributed by atoms with E-state index in [1.807, 2.05) is 36.4 Å². The van der Waals surface area contributed by atoms with Crippen LogP contribution in [0.25, 0.3) is 11.1 Å². The van der Waals surface area contributed by atoms with Crippen molar-refractivity contribution in [3.63, 3.8) is 0 Å². The van der Waals surface area contributed by atoms with Gasteiger partial charge in [-0.3, -0.25) is 4.79 Å². The maximum atomic E-state index is 10.4. The zero-order valence-corrected chi connectivity index (χ0v) is 10.9. The quantitative estimate of drug-likeness (QED) is 0.902. The molecular weight excluding hydrogens is 264 g/mol. The van der Waals surface area contributed by atoms with Crippen molar-refractivity contribution in [2.24, 2.45) is 0 Å². The molecule has 0 amide bonds. The topological polar surface area (TPSA) is 46.5 Å². The van der Waals surface area contributed by atoms with E-state index in [0.29, 0.717) is 10.8 Å². The number of hydrogen-bond acceptors (Lipinski definition) is 2. The van der Waals surface area contributed by atoms with Crippen molar-refractivity contribution >= 4 is 17.6 Å². The molecule has 19 heavy (non-hydrogen) atoms. The SMILES string of the molecule is O=C(O)CCOc1ccc(-c2ccccc2Cl)cc1. The molecule has 0 aromatic heterocycles. The number of halogens is 1. The zero-order valence-electron chi connectivity index (χ0n) is 10.2. The van der Waals surface area contributed by atoms with E-state index in [4.69, 9.17) is 21.4 Å². The highest BCUT2D eigenvalue weighted by atomic mass is 35.5. The summed E-state index contributed by atoms with van der Waals surface area (Å²) in [5, 5.41) is 9.22. The van der Waals surface area contributed by atoms with Crippen LogP contribution in [0.3, 0.4) is 0 Å². The molecule has 0 atom stereocenters. The third-order valence-electron chi connectivity index (χ3n) is 2.62. The fourth-order valence-electron chi connectivity index (χ4n) is 1.68. The Hall–Kier alpha value is -2.00. The van der Waals surface area contributed by atoms with Gasteiger partial charge in [-0.15, -0.1) is 0 Å². The van der Waals surface area contributed by atoms with Gasteiger partial charge in [0.2, 0.25) is 0 Å². The smallest absolute Gasteiger partial charge is 0.306 e.